The minimum atomic E-state index is -0.917. The molecule has 0 heterocycles. The van der Waals surface area contributed by atoms with Crippen LogP contribution >= 0.6 is 0 Å². The topological polar surface area (TPSA) is 54.4 Å². The van der Waals surface area contributed by atoms with Crippen molar-refractivity contribution in [3.05, 3.63) is 34.9 Å². The second-order valence-corrected chi connectivity index (χ2v) is 4.70. The summed E-state index contributed by atoms with van der Waals surface area (Å²) in [6, 6.07) is 5.75. The van der Waals surface area contributed by atoms with E-state index in [4.69, 9.17) is 5.11 Å². The quantitative estimate of drug-likeness (QED) is 0.811. The predicted octanol–water partition coefficient (Wildman–Crippen LogP) is 2.47. The van der Waals surface area contributed by atoms with Crippen LogP contribution in [0.3, 0.4) is 0 Å². The molecule has 0 radical (unpaired) electrons. The van der Waals surface area contributed by atoms with Gasteiger partial charge in [-0.05, 0) is 36.5 Å². The Labute approximate surface area is 100 Å². The summed E-state index contributed by atoms with van der Waals surface area (Å²) in [5, 5.41) is 8.78. The monoisotopic (exact) mass is 232 g/mol. The van der Waals surface area contributed by atoms with Gasteiger partial charge in [-0.1, -0.05) is 19.1 Å². The smallest absolute Gasteiger partial charge is 0.306 e. The van der Waals surface area contributed by atoms with Crippen molar-refractivity contribution in [1.82, 2.24) is 0 Å². The molecule has 3 nitrogen and oxygen atoms in total. The number of carboxylic acid groups (broad SMARTS) is 1. The molecule has 1 aromatic carbocycles. The Morgan fingerprint density at radius 3 is 2.71 bits per heavy atom. The fraction of sp³-hybridized carbons (Fsp3) is 0.429. The number of ketones is 1. The standard InChI is InChI=1S/C14H16O3/c1-9(14(16)17)7-13(15)12-6-5-10-3-2-4-11(10)8-12/h5-6,8-9H,2-4,7H2,1H3,(H,16,17). The molecule has 90 valence electrons. The summed E-state index contributed by atoms with van der Waals surface area (Å²) < 4.78 is 0. The Kier molecular flexibility index (Phi) is 3.27. The molecule has 1 unspecified atom stereocenters. The lowest BCUT2D eigenvalue weighted by molar-refractivity contribution is -0.141. The molecule has 1 aromatic rings. The molecular weight excluding hydrogens is 216 g/mol. The third-order valence-corrected chi connectivity index (χ3v) is 3.33. The van der Waals surface area contributed by atoms with Gasteiger partial charge >= 0.3 is 5.97 Å². The second kappa shape index (κ2) is 4.70. The van der Waals surface area contributed by atoms with E-state index in [1.54, 1.807) is 6.92 Å². The second-order valence-electron chi connectivity index (χ2n) is 4.70. The van der Waals surface area contributed by atoms with Crippen LogP contribution in [0.2, 0.25) is 0 Å². The van der Waals surface area contributed by atoms with E-state index in [1.165, 1.54) is 11.1 Å². The van der Waals surface area contributed by atoms with Crippen LogP contribution in [0.4, 0.5) is 0 Å². The average molecular weight is 232 g/mol. The highest BCUT2D eigenvalue weighted by Crippen LogP contribution is 2.23. The van der Waals surface area contributed by atoms with Gasteiger partial charge in [0.2, 0.25) is 0 Å². The van der Waals surface area contributed by atoms with E-state index in [2.05, 4.69) is 0 Å². The van der Waals surface area contributed by atoms with E-state index in [-0.39, 0.29) is 12.2 Å². The van der Waals surface area contributed by atoms with Crippen LogP contribution < -0.4 is 0 Å². The molecule has 0 fully saturated rings. The van der Waals surface area contributed by atoms with Gasteiger partial charge in [0.05, 0.1) is 5.92 Å². The van der Waals surface area contributed by atoms with Crippen LogP contribution in [0.1, 0.15) is 41.3 Å². The molecule has 1 aliphatic rings. The summed E-state index contributed by atoms with van der Waals surface area (Å²) in [6.07, 6.45) is 3.35. The summed E-state index contributed by atoms with van der Waals surface area (Å²) in [7, 11) is 0. The number of aliphatic carboxylic acids is 1. The van der Waals surface area contributed by atoms with Crippen LogP contribution in [0.25, 0.3) is 0 Å². The molecule has 0 saturated carbocycles. The summed E-state index contributed by atoms with van der Waals surface area (Å²) in [4.78, 5) is 22.6. The van der Waals surface area contributed by atoms with Gasteiger partial charge in [0.15, 0.2) is 5.78 Å². The van der Waals surface area contributed by atoms with Crippen LogP contribution in [-0.4, -0.2) is 16.9 Å². The van der Waals surface area contributed by atoms with E-state index in [0.29, 0.717) is 5.56 Å². The van der Waals surface area contributed by atoms with Gasteiger partial charge in [0, 0.05) is 12.0 Å². The Bertz CT molecular complexity index is 463. The molecule has 0 saturated heterocycles. The zero-order chi connectivity index (χ0) is 12.4. The zero-order valence-corrected chi connectivity index (χ0v) is 9.90. The van der Waals surface area contributed by atoms with Gasteiger partial charge in [-0.25, -0.2) is 0 Å². The van der Waals surface area contributed by atoms with E-state index in [0.717, 1.165) is 19.3 Å². The van der Waals surface area contributed by atoms with Crippen molar-refractivity contribution in [2.75, 3.05) is 0 Å². The van der Waals surface area contributed by atoms with Crippen molar-refractivity contribution in [3.63, 3.8) is 0 Å². The van der Waals surface area contributed by atoms with Crippen LogP contribution in [0.5, 0.6) is 0 Å². The number of benzene rings is 1. The van der Waals surface area contributed by atoms with Gasteiger partial charge in [-0.2, -0.15) is 0 Å². The van der Waals surface area contributed by atoms with E-state index < -0.39 is 11.9 Å². The summed E-state index contributed by atoms with van der Waals surface area (Å²) >= 11 is 0. The Balaban J connectivity index is 2.12. The minimum Gasteiger partial charge on any atom is -0.481 e. The van der Waals surface area contributed by atoms with Crippen molar-refractivity contribution in [2.24, 2.45) is 5.92 Å². The highest BCUT2D eigenvalue weighted by molar-refractivity contribution is 5.98. The SMILES string of the molecule is CC(CC(=O)c1ccc2c(c1)CCC2)C(=O)O. The third kappa shape index (κ3) is 2.54. The normalized spacial score (nSPS) is 15.4. The summed E-state index contributed by atoms with van der Waals surface area (Å²) in [6.45, 7) is 1.56. The van der Waals surface area contributed by atoms with E-state index >= 15 is 0 Å². The predicted molar refractivity (Wildman–Crippen MR) is 64.2 cm³/mol. The molecule has 0 bridgehead atoms. The first-order valence-electron chi connectivity index (χ1n) is 5.95. The molecule has 17 heavy (non-hydrogen) atoms. The largest absolute Gasteiger partial charge is 0.481 e. The number of aryl methyl sites for hydroxylation is 2. The molecule has 1 atom stereocenters. The molecule has 0 aromatic heterocycles. The number of hydrogen-bond acceptors (Lipinski definition) is 2. The highest BCUT2D eigenvalue weighted by Gasteiger charge is 2.18. The number of carbonyl (C=O) groups is 2. The molecule has 0 amide bonds. The van der Waals surface area contributed by atoms with Crippen LogP contribution in [-0.2, 0) is 17.6 Å². The third-order valence-electron chi connectivity index (χ3n) is 3.33. The molecule has 2 rings (SSSR count). The summed E-state index contributed by atoms with van der Waals surface area (Å²) in [5.74, 6) is -1.61. The first-order valence-corrected chi connectivity index (χ1v) is 5.95. The molecule has 1 N–H and O–H groups in total. The van der Waals surface area contributed by atoms with Gasteiger partial charge in [-0.15, -0.1) is 0 Å². The van der Waals surface area contributed by atoms with Crippen molar-refractivity contribution >= 4 is 11.8 Å². The number of fused-ring (bicyclic) bond motifs is 1. The maximum absolute atomic E-state index is 11.9. The number of rotatable bonds is 4. The fourth-order valence-electron chi connectivity index (χ4n) is 2.23. The maximum Gasteiger partial charge on any atom is 0.306 e. The molecule has 1 aliphatic carbocycles. The highest BCUT2D eigenvalue weighted by atomic mass is 16.4. The van der Waals surface area contributed by atoms with E-state index in [1.807, 2.05) is 18.2 Å². The average Bonchev–Trinajstić information content (AvgIpc) is 2.75. The summed E-state index contributed by atoms with van der Waals surface area (Å²) in [5.41, 5.74) is 3.23. The minimum absolute atomic E-state index is 0.0744. The molecule has 3 heteroatoms. The fourth-order valence-corrected chi connectivity index (χ4v) is 2.23. The number of hydrogen-bond donors (Lipinski definition) is 1. The first kappa shape index (κ1) is 11.8. The molecule has 0 aliphatic heterocycles. The number of Topliss-reactive ketones (excluding diaryl/α,β-unsaturated/α-hetero) is 1. The lowest BCUT2D eigenvalue weighted by Crippen LogP contribution is -2.14. The Morgan fingerprint density at radius 2 is 2.00 bits per heavy atom. The van der Waals surface area contributed by atoms with E-state index in [9.17, 15) is 9.59 Å². The molecule has 0 spiro atoms. The zero-order valence-electron chi connectivity index (χ0n) is 9.90. The maximum atomic E-state index is 11.9. The van der Waals surface area contributed by atoms with Crippen molar-refractivity contribution in [3.8, 4) is 0 Å². The number of carbonyl (C=O) groups excluding carboxylic acids is 1. The van der Waals surface area contributed by atoms with Crippen molar-refractivity contribution in [2.45, 2.75) is 32.6 Å². The van der Waals surface area contributed by atoms with Crippen molar-refractivity contribution < 1.29 is 14.7 Å². The van der Waals surface area contributed by atoms with Crippen molar-refractivity contribution in [1.29, 1.82) is 0 Å². The van der Waals surface area contributed by atoms with Gasteiger partial charge in [0.1, 0.15) is 0 Å². The lowest BCUT2D eigenvalue weighted by atomic mass is 9.97. The first-order chi connectivity index (χ1) is 8.08. The van der Waals surface area contributed by atoms with Gasteiger partial charge < -0.3 is 5.11 Å². The molecular formula is C14H16O3. The van der Waals surface area contributed by atoms with Crippen LogP contribution in [0, 0.1) is 5.92 Å². The Hall–Kier alpha value is -1.64. The van der Waals surface area contributed by atoms with Gasteiger partial charge in [0.25, 0.3) is 0 Å². The Morgan fingerprint density at radius 1 is 1.29 bits per heavy atom. The van der Waals surface area contributed by atoms with Crippen LogP contribution in [0.15, 0.2) is 18.2 Å². The lowest BCUT2D eigenvalue weighted by Gasteiger charge is -2.07. The van der Waals surface area contributed by atoms with Gasteiger partial charge in [-0.3, -0.25) is 9.59 Å². The number of carboxylic acids is 1.